The van der Waals surface area contributed by atoms with E-state index in [1.807, 2.05) is 13.8 Å². The van der Waals surface area contributed by atoms with Crippen LogP contribution in [0.3, 0.4) is 0 Å². The molecule has 0 aliphatic rings. The molecule has 0 aliphatic heterocycles. The van der Waals surface area contributed by atoms with Crippen molar-refractivity contribution in [3.05, 3.63) is 18.2 Å². The number of amides is 1. The minimum atomic E-state index is -1.05. The van der Waals surface area contributed by atoms with Gasteiger partial charge in [-0.05, 0) is 24.6 Å². The zero-order valence-corrected chi connectivity index (χ0v) is 13.9. The molecule has 3 N–H and O–H groups in total. The molecule has 1 amide bonds. The fourth-order valence-electron chi connectivity index (χ4n) is 1.91. The SMILES string of the molecule is COc1ccc(NC(=O)C[C@@H](NCC(C)C)C(=O)O)c(OC)c1. The van der Waals surface area contributed by atoms with Crippen molar-refractivity contribution in [1.29, 1.82) is 0 Å². The van der Waals surface area contributed by atoms with Crippen LogP contribution in [0.15, 0.2) is 18.2 Å². The zero-order chi connectivity index (χ0) is 17.4. The third-order valence-electron chi connectivity index (χ3n) is 3.14. The number of methoxy groups -OCH3 is 2. The Kier molecular flexibility index (Phi) is 7.34. The Morgan fingerprint density at radius 1 is 1.22 bits per heavy atom. The van der Waals surface area contributed by atoms with Crippen molar-refractivity contribution in [2.24, 2.45) is 5.92 Å². The Balaban J connectivity index is 2.72. The average Bonchev–Trinajstić information content (AvgIpc) is 2.51. The number of carboxylic acid groups (broad SMARTS) is 1. The van der Waals surface area contributed by atoms with E-state index in [0.717, 1.165) is 0 Å². The van der Waals surface area contributed by atoms with Crippen molar-refractivity contribution in [1.82, 2.24) is 5.32 Å². The average molecular weight is 324 g/mol. The third kappa shape index (κ3) is 6.15. The van der Waals surface area contributed by atoms with E-state index in [0.29, 0.717) is 29.6 Å². The molecule has 1 atom stereocenters. The van der Waals surface area contributed by atoms with Crippen molar-refractivity contribution in [3.63, 3.8) is 0 Å². The number of carbonyl (C=O) groups excluding carboxylic acids is 1. The molecule has 0 unspecified atom stereocenters. The summed E-state index contributed by atoms with van der Waals surface area (Å²) in [5.74, 6) is -0.122. The summed E-state index contributed by atoms with van der Waals surface area (Å²) in [6.45, 7) is 4.46. The van der Waals surface area contributed by atoms with Gasteiger partial charge in [-0.15, -0.1) is 0 Å². The Morgan fingerprint density at radius 3 is 2.43 bits per heavy atom. The van der Waals surface area contributed by atoms with Crippen molar-refractivity contribution >= 4 is 17.6 Å². The molecule has 1 aromatic rings. The Hall–Kier alpha value is -2.28. The highest BCUT2D eigenvalue weighted by Crippen LogP contribution is 2.29. The minimum Gasteiger partial charge on any atom is -0.497 e. The van der Waals surface area contributed by atoms with E-state index in [1.165, 1.54) is 14.2 Å². The highest BCUT2D eigenvalue weighted by Gasteiger charge is 2.21. The molecular weight excluding hydrogens is 300 g/mol. The van der Waals surface area contributed by atoms with Gasteiger partial charge in [-0.3, -0.25) is 9.59 Å². The predicted molar refractivity (Wildman–Crippen MR) is 87.1 cm³/mol. The van der Waals surface area contributed by atoms with Gasteiger partial charge in [-0.25, -0.2) is 0 Å². The molecule has 7 heteroatoms. The third-order valence-corrected chi connectivity index (χ3v) is 3.14. The van der Waals surface area contributed by atoms with Gasteiger partial charge in [0.1, 0.15) is 17.5 Å². The summed E-state index contributed by atoms with van der Waals surface area (Å²) < 4.78 is 10.3. The van der Waals surface area contributed by atoms with Crippen LogP contribution in [-0.2, 0) is 9.59 Å². The highest BCUT2D eigenvalue weighted by molar-refractivity contribution is 5.95. The number of anilines is 1. The second kappa shape index (κ2) is 8.99. The molecule has 0 saturated heterocycles. The van der Waals surface area contributed by atoms with Gasteiger partial charge in [-0.1, -0.05) is 13.8 Å². The maximum Gasteiger partial charge on any atom is 0.321 e. The fourth-order valence-corrected chi connectivity index (χ4v) is 1.91. The summed E-state index contributed by atoms with van der Waals surface area (Å²) in [5, 5.41) is 14.7. The van der Waals surface area contributed by atoms with E-state index in [9.17, 15) is 14.7 Å². The maximum absolute atomic E-state index is 12.1. The van der Waals surface area contributed by atoms with Crippen LogP contribution in [0.5, 0.6) is 11.5 Å². The van der Waals surface area contributed by atoms with Gasteiger partial charge in [0, 0.05) is 6.07 Å². The van der Waals surface area contributed by atoms with Crippen LogP contribution in [-0.4, -0.2) is 43.8 Å². The van der Waals surface area contributed by atoms with Crippen molar-refractivity contribution < 1.29 is 24.2 Å². The summed E-state index contributed by atoms with van der Waals surface area (Å²) in [5.41, 5.74) is 0.464. The molecule has 0 heterocycles. The van der Waals surface area contributed by atoms with E-state index in [2.05, 4.69) is 10.6 Å². The van der Waals surface area contributed by atoms with E-state index in [1.54, 1.807) is 18.2 Å². The lowest BCUT2D eigenvalue weighted by Crippen LogP contribution is -2.41. The van der Waals surface area contributed by atoms with Gasteiger partial charge in [-0.2, -0.15) is 0 Å². The monoisotopic (exact) mass is 324 g/mol. The number of carbonyl (C=O) groups is 2. The predicted octanol–water partition coefficient (Wildman–Crippen LogP) is 1.73. The van der Waals surface area contributed by atoms with Crippen LogP contribution in [0.1, 0.15) is 20.3 Å². The number of aliphatic carboxylic acids is 1. The largest absolute Gasteiger partial charge is 0.497 e. The smallest absolute Gasteiger partial charge is 0.321 e. The first-order valence-electron chi connectivity index (χ1n) is 7.35. The first kappa shape index (κ1) is 18.8. The Labute approximate surface area is 136 Å². The number of benzene rings is 1. The van der Waals surface area contributed by atoms with Crippen LogP contribution in [0.2, 0.25) is 0 Å². The quantitative estimate of drug-likeness (QED) is 0.640. The van der Waals surface area contributed by atoms with Crippen LogP contribution in [0.4, 0.5) is 5.69 Å². The fraction of sp³-hybridized carbons (Fsp3) is 0.500. The lowest BCUT2D eigenvalue weighted by atomic mass is 10.1. The number of ether oxygens (including phenoxy) is 2. The summed E-state index contributed by atoms with van der Waals surface area (Å²) in [4.78, 5) is 23.3. The Bertz CT molecular complexity index is 545. The molecular formula is C16H24N2O5. The molecule has 0 radical (unpaired) electrons. The van der Waals surface area contributed by atoms with E-state index < -0.39 is 17.9 Å². The van der Waals surface area contributed by atoms with Crippen molar-refractivity contribution in [3.8, 4) is 11.5 Å². The number of nitrogens with one attached hydrogen (secondary N) is 2. The summed E-state index contributed by atoms with van der Waals surface area (Å²) >= 11 is 0. The second-order valence-corrected chi connectivity index (χ2v) is 5.51. The molecule has 23 heavy (non-hydrogen) atoms. The molecule has 0 saturated carbocycles. The van der Waals surface area contributed by atoms with Crippen LogP contribution >= 0.6 is 0 Å². The van der Waals surface area contributed by atoms with Crippen LogP contribution in [0.25, 0.3) is 0 Å². The lowest BCUT2D eigenvalue weighted by molar-refractivity contribution is -0.141. The van der Waals surface area contributed by atoms with Crippen LogP contribution in [0, 0.1) is 5.92 Å². The zero-order valence-electron chi connectivity index (χ0n) is 13.9. The summed E-state index contributed by atoms with van der Waals surface area (Å²) in [7, 11) is 3.01. The van der Waals surface area contributed by atoms with E-state index >= 15 is 0 Å². The van der Waals surface area contributed by atoms with Crippen molar-refractivity contribution in [2.75, 3.05) is 26.1 Å². The van der Waals surface area contributed by atoms with Crippen molar-refractivity contribution in [2.45, 2.75) is 26.3 Å². The lowest BCUT2D eigenvalue weighted by Gasteiger charge is -2.16. The number of rotatable bonds is 9. The summed E-state index contributed by atoms with van der Waals surface area (Å²) in [6, 6.07) is 4.04. The molecule has 1 rings (SSSR count). The molecule has 7 nitrogen and oxygen atoms in total. The van der Waals surface area contributed by atoms with Gasteiger partial charge in [0.15, 0.2) is 0 Å². The molecule has 0 spiro atoms. The first-order chi connectivity index (χ1) is 10.9. The van der Waals surface area contributed by atoms with Gasteiger partial charge < -0.3 is 25.2 Å². The standard InChI is InChI=1S/C16H24N2O5/c1-10(2)9-17-13(16(20)21)8-15(19)18-12-6-5-11(22-3)7-14(12)23-4/h5-7,10,13,17H,8-9H2,1-4H3,(H,18,19)(H,20,21)/t13-/m1/s1. The van der Waals surface area contributed by atoms with E-state index in [4.69, 9.17) is 9.47 Å². The summed E-state index contributed by atoms with van der Waals surface area (Å²) in [6.07, 6.45) is -0.169. The van der Waals surface area contributed by atoms with Gasteiger partial charge in [0.25, 0.3) is 0 Å². The maximum atomic E-state index is 12.1. The molecule has 0 aromatic heterocycles. The second-order valence-electron chi connectivity index (χ2n) is 5.51. The van der Waals surface area contributed by atoms with E-state index in [-0.39, 0.29) is 6.42 Å². The minimum absolute atomic E-state index is 0.169. The normalized spacial score (nSPS) is 11.9. The van der Waals surface area contributed by atoms with Gasteiger partial charge in [0.05, 0.1) is 26.3 Å². The molecule has 1 aromatic carbocycles. The molecule has 0 bridgehead atoms. The number of carboxylic acids is 1. The highest BCUT2D eigenvalue weighted by atomic mass is 16.5. The molecule has 0 fully saturated rings. The first-order valence-corrected chi connectivity index (χ1v) is 7.35. The molecule has 128 valence electrons. The van der Waals surface area contributed by atoms with Crippen LogP contribution < -0.4 is 20.1 Å². The van der Waals surface area contributed by atoms with Gasteiger partial charge in [0.2, 0.25) is 5.91 Å². The number of hydrogen-bond acceptors (Lipinski definition) is 5. The number of hydrogen-bond donors (Lipinski definition) is 3. The van der Waals surface area contributed by atoms with Gasteiger partial charge >= 0.3 is 5.97 Å². The topological polar surface area (TPSA) is 96.9 Å². The molecule has 0 aliphatic carbocycles. The Morgan fingerprint density at radius 2 is 1.91 bits per heavy atom.